The predicted octanol–water partition coefficient (Wildman–Crippen LogP) is 5.32. The Morgan fingerprint density at radius 2 is 1.89 bits per heavy atom. The van der Waals surface area contributed by atoms with Crippen molar-refractivity contribution in [3.8, 4) is 5.75 Å². The molecule has 1 atom stereocenters. The van der Waals surface area contributed by atoms with E-state index in [1.165, 1.54) is 0 Å². The lowest BCUT2D eigenvalue weighted by atomic mass is 10.0. The van der Waals surface area contributed by atoms with Crippen LogP contribution in [0.4, 0.5) is 0 Å². The number of ether oxygens (including phenoxy) is 1. The summed E-state index contributed by atoms with van der Waals surface area (Å²) in [7, 11) is 1.60. The third-order valence-electron chi connectivity index (χ3n) is 6.35. The fourth-order valence-corrected chi connectivity index (χ4v) is 4.66. The van der Waals surface area contributed by atoms with E-state index >= 15 is 0 Å². The summed E-state index contributed by atoms with van der Waals surface area (Å²) < 4.78 is 12.8. The first-order valence-corrected chi connectivity index (χ1v) is 12.6. The Balaban J connectivity index is 1.71. The number of methoxy groups -OCH3 is 1. The van der Waals surface area contributed by atoms with Gasteiger partial charge in [-0.15, -0.1) is 5.10 Å². The maximum absolute atomic E-state index is 13.7. The van der Waals surface area contributed by atoms with Gasteiger partial charge in [0, 0.05) is 23.2 Å². The highest BCUT2D eigenvalue weighted by Crippen LogP contribution is 2.32. The fourth-order valence-electron chi connectivity index (χ4n) is 4.53. The van der Waals surface area contributed by atoms with Gasteiger partial charge in [0.1, 0.15) is 17.6 Å². The van der Waals surface area contributed by atoms with Gasteiger partial charge in [-0.1, -0.05) is 23.7 Å². The van der Waals surface area contributed by atoms with E-state index in [4.69, 9.17) is 20.8 Å². The number of aromatic amines is 1. The topological polar surface area (TPSA) is 102 Å². The average Bonchev–Trinajstić information content (AvgIpc) is 3.58. The van der Waals surface area contributed by atoms with E-state index in [0.29, 0.717) is 40.8 Å². The summed E-state index contributed by atoms with van der Waals surface area (Å²) in [5.74, 6) is 1.97. The molecule has 5 aromatic rings. The van der Waals surface area contributed by atoms with E-state index in [9.17, 15) is 4.79 Å². The minimum absolute atomic E-state index is 0.236. The Kier molecular flexibility index (Phi) is 7.05. The van der Waals surface area contributed by atoms with Crippen LogP contribution >= 0.6 is 11.6 Å². The molecule has 0 aliphatic carbocycles. The molecule has 0 unspecified atom stereocenters. The summed E-state index contributed by atoms with van der Waals surface area (Å²) in [5.41, 5.74) is 1.55. The number of fused-ring (bicyclic) bond motifs is 1. The first-order chi connectivity index (χ1) is 18.2. The van der Waals surface area contributed by atoms with Crippen LogP contribution in [0.3, 0.4) is 0 Å². The number of tetrazole rings is 1. The van der Waals surface area contributed by atoms with Gasteiger partial charge in [-0.05, 0) is 84.6 Å². The molecule has 0 aliphatic rings. The normalized spacial score (nSPS) is 12.8. The van der Waals surface area contributed by atoms with Crippen molar-refractivity contribution >= 4 is 22.5 Å². The van der Waals surface area contributed by atoms with Gasteiger partial charge in [-0.25, -0.2) is 4.68 Å². The van der Waals surface area contributed by atoms with Crippen LogP contribution < -0.4 is 10.3 Å². The van der Waals surface area contributed by atoms with Crippen LogP contribution in [0.2, 0.25) is 5.02 Å². The maximum atomic E-state index is 13.7. The van der Waals surface area contributed by atoms with E-state index < -0.39 is 11.6 Å². The highest BCUT2D eigenvalue weighted by atomic mass is 35.5. The van der Waals surface area contributed by atoms with Crippen LogP contribution in [-0.4, -0.2) is 37.2 Å². The zero-order chi connectivity index (χ0) is 26.9. The molecule has 196 valence electrons. The number of benzene rings is 2. The van der Waals surface area contributed by atoms with Crippen molar-refractivity contribution in [1.82, 2.24) is 30.1 Å². The molecule has 0 fully saturated rings. The lowest BCUT2D eigenvalue weighted by Crippen LogP contribution is -2.37. The van der Waals surface area contributed by atoms with Crippen molar-refractivity contribution in [2.24, 2.45) is 0 Å². The molecule has 9 nitrogen and oxygen atoms in total. The smallest absolute Gasteiger partial charge is 0.253 e. The monoisotopic (exact) mass is 532 g/mol. The highest BCUT2D eigenvalue weighted by Gasteiger charge is 2.34. The number of furan rings is 1. The maximum Gasteiger partial charge on any atom is 0.253 e. The van der Waals surface area contributed by atoms with Gasteiger partial charge in [0.15, 0.2) is 5.82 Å². The molecule has 0 saturated heterocycles. The Labute approximate surface area is 225 Å². The van der Waals surface area contributed by atoms with Gasteiger partial charge < -0.3 is 14.1 Å². The summed E-state index contributed by atoms with van der Waals surface area (Å²) >= 11 is 6.16. The van der Waals surface area contributed by atoms with E-state index in [1.807, 2.05) is 81.4 Å². The number of halogens is 1. The second-order valence-electron chi connectivity index (χ2n) is 10.1. The fraction of sp³-hybridized carbons (Fsp3) is 0.286. The van der Waals surface area contributed by atoms with Crippen LogP contribution in [-0.2, 0) is 18.6 Å². The van der Waals surface area contributed by atoms with Crippen molar-refractivity contribution < 1.29 is 9.15 Å². The summed E-state index contributed by atoms with van der Waals surface area (Å²) in [6.45, 7) is 6.97. The lowest BCUT2D eigenvalue weighted by molar-refractivity contribution is 0.171. The second kappa shape index (κ2) is 10.4. The Hall–Kier alpha value is -3.95. The van der Waals surface area contributed by atoms with E-state index in [1.54, 1.807) is 18.1 Å². The molecule has 0 bridgehead atoms. The number of rotatable bonds is 8. The average molecular weight is 533 g/mol. The Bertz CT molecular complexity index is 1590. The van der Waals surface area contributed by atoms with Crippen LogP contribution in [0.25, 0.3) is 10.9 Å². The molecule has 3 aromatic heterocycles. The van der Waals surface area contributed by atoms with Crippen LogP contribution in [0.15, 0.2) is 76.1 Å². The van der Waals surface area contributed by atoms with Crippen molar-refractivity contribution in [1.29, 1.82) is 0 Å². The Morgan fingerprint density at radius 3 is 2.58 bits per heavy atom. The van der Waals surface area contributed by atoms with E-state index in [-0.39, 0.29) is 5.56 Å². The summed E-state index contributed by atoms with van der Waals surface area (Å²) in [6.07, 6.45) is 1.64. The van der Waals surface area contributed by atoms with E-state index in [2.05, 4.69) is 25.4 Å². The molecule has 0 spiro atoms. The number of aromatic nitrogens is 5. The standard InChI is InChI=1S/C28H29ClN6O3/c1-28(2,3)35-26(31-32-33-35)25(23-14-19-9-12-21(37-4)15-24(19)30-27(23)36)34(17-22-6-5-13-38-22)16-18-7-10-20(29)11-8-18/h5-15,25H,16-17H2,1-4H3,(H,30,36)/t25-/m1/s1. The van der Waals surface area contributed by atoms with Crippen LogP contribution in [0, 0.1) is 0 Å². The largest absolute Gasteiger partial charge is 0.497 e. The molecule has 5 rings (SSSR count). The minimum Gasteiger partial charge on any atom is -0.497 e. The highest BCUT2D eigenvalue weighted by molar-refractivity contribution is 6.30. The number of nitrogens with zero attached hydrogens (tertiary/aromatic N) is 5. The summed E-state index contributed by atoms with van der Waals surface area (Å²) in [6, 6.07) is 18.3. The van der Waals surface area contributed by atoms with Gasteiger partial charge in [0.25, 0.3) is 5.56 Å². The predicted molar refractivity (Wildman–Crippen MR) is 145 cm³/mol. The molecule has 0 aliphatic heterocycles. The Morgan fingerprint density at radius 1 is 1.11 bits per heavy atom. The number of pyridine rings is 1. The third-order valence-corrected chi connectivity index (χ3v) is 6.61. The summed E-state index contributed by atoms with van der Waals surface area (Å²) in [4.78, 5) is 18.9. The molecule has 3 heterocycles. The zero-order valence-electron chi connectivity index (χ0n) is 21.7. The summed E-state index contributed by atoms with van der Waals surface area (Å²) in [5, 5.41) is 14.3. The molecule has 1 N–H and O–H groups in total. The quantitative estimate of drug-likeness (QED) is 0.288. The number of hydrogen-bond acceptors (Lipinski definition) is 7. The van der Waals surface area contributed by atoms with Crippen LogP contribution in [0.5, 0.6) is 5.75 Å². The molecule has 2 aromatic carbocycles. The number of H-pyrrole nitrogens is 1. The zero-order valence-corrected chi connectivity index (χ0v) is 22.4. The third kappa shape index (κ3) is 5.34. The number of nitrogens with one attached hydrogen (secondary N) is 1. The molecular formula is C28H29ClN6O3. The lowest BCUT2D eigenvalue weighted by Gasteiger charge is -2.32. The molecular weight excluding hydrogens is 504 g/mol. The van der Waals surface area contributed by atoms with Crippen molar-refractivity contribution in [3.05, 3.63) is 105 Å². The minimum atomic E-state index is -0.597. The first kappa shape index (κ1) is 25.7. The molecule has 38 heavy (non-hydrogen) atoms. The first-order valence-electron chi connectivity index (χ1n) is 12.2. The van der Waals surface area contributed by atoms with Gasteiger partial charge in [-0.2, -0.15) is 0 Å². The van der Waals surface area contributed by atoms with E-state index in [0.717, 1.165) is 16.7 Å². The molecule has 0 amide bonds. The number of hydrogen-bond donors (Lipinski definition) is 1. The van der Waals surface area contributed by atoms with Crippen LogP contribution in [0.1, 0.15) is 49.5 Å². The van der Waals surface area contributed by atoms with Gasteiger partial charge >= 0.3 is 0 Å². The van der Waals surface area contributed by atoms with Crippen molar-refractivity contribution in [3.63, 3.8) is 0 Å². The van der Waals surface area contributed by atoms with Gasteiger partial charge in [-0.3, -0.25) is 9.69 Å². The van der Waals surface area contributed by atoms with Gasteiger partial charge in [0.05, 0.1) is 31.0 Å². The molecule has 10 heteroatoms. The van der Waals surface area contributed by atoms with Gasteiger partial charge in [0.2, 0.25) is 0 Å². The second-order valence-corrected chi connectivity index (χ2v) is 10.6. The molecule has 0 saturated carbocycles. The molecule has 0 radical (unpaired) electrons. The van der Waals surface area contributed by atoms with Crippen molar-refractivity contribution in [2.75, 3.05) is 7.11 Å². The van der Waals surface area contributed by atoms with Crippen molar-refractivity contribution in [2.45, 2.75) is 45.4 Å². The SMILES string of the molecule is COc1ccc2cc([C@H](c3nnnn3C(C)(C)C)N(Cc3ccc(Cl)cc3)Cc3ccco3)c(=O)[nH]c2c1.